The van der Waals surface area contributed by atoms with Crippen LogP contribution in [0.25, 0.3) is 10.9 Å². The third-order valence-electron chi connectivity index (χ3n) is 4.23. The first-order valence-electron chi connectivity index (χ1n) is 8.15. The van der Waals surface area contributed by atoms with E-state index >= 15 is 0 Å². The molecule has 7 nitrogen and oxygen atoms in total. The smallest absolute Gasteiger partial charge is 0.305 e. The van der Waals surface area contributed by atoms with Gasteiger partial charge in [0, 0.05) is 25.1 Å². The molecule has 1 saturated heterocycles. The SMILES string of the molecule is O=C(O)CCN(C[C@H]1CCCO1)C(=O)Cn1ncc2ccccc21. The third kappa shape index (κ3) is 3.91. The third-order valence-corrected chi connectivity index (χ3v) is 4.23. The van der Waals surface area contributed by atoms with Crippen LogP contribution in [0.15, 0.2) is 30.5 Å². The molecule has 0 saturated carbocycles. The van der Waals surface area contributed by atoms with E-state index in [2.05, 4.69) is 5.10 Å². The van der Waals surface area contributed by atoms with E-state index in [0.717, 1.165) is 23.7 Å². The fourth-order valence-corrected chi connectivity index (χ4v) is 2.96. The van der Waals surface area contributed by atoms with Gasteiger partial charge < -0.3 is 14.7 Å². The lowest BCUT2D eigenvalue weighted by Crippen LogP contribution is -2.40. The van der Waals surface area contributed by atoms with Crippen molar-refractivity contribution >= 4 is 22.8 Å². The zero-order chi connectivity index (χ0) is 16.9. The van der Waals surface area contributed by atoms with Crippen LogP contribution in [0.1, 0.15) is 19.3 Å². The van der Waals surface area contributed by atoms with E-state index < -0.39 is 5.97 Å². The van der Waals surface area contributed by atoms with Crippen LogP contribution in [0.2, 0.25) is 0 Å². The van der Waals surface area contributed by atoms with Gasteiger partial charge in [0.05, 0.1) is 24.2 Å². The maximum atomic E-state index is 12.7. The molecule has 24 heavy (non-hydrogen) atoms. The molecule has 1 N–H and O–H groups in total. The first kappa shape index (κ1) is 16.4. The van der Waals surface area contributed by atoms with Crippen LogP contribution in [0, 0.1) is 0 Å². The van der Waals surface area contributed by atoms with E-state index in [0.29, 0.717) is 13.2 Å². The molecule has 1 aromatic heterocycles. The first-order valence-corrected chi connectivity index (χ1v) is 8.15. The number of benzene rings is 1. The lowest BCUT2D eigenvalue weighted by Gasteiger charge is -2.25. The number of ether oxygens (including phenoxy) is 1. The fraction of sp³-hybridized carbons (Fsp3) is 0.471. The van der Waals surface area contributed by atoms with Gasteiger partial charge in [-0.2, -0.15) is 5.10 Å². The number of fused-ring (bicyclic) bond motifs is 1. The van der Waals surface area contributed by atoms with Crippen LogP contribution in [-0.4, -0.2) is 57.5 Å². The van der Waals surface area contributed by atoms with Crippen molar-refractivity contribution < 1.29 is 19.4 Å². The summed E-state index contributed by atoms with van der Waals surface area (Å²) < 4.78 is 7.24. The Morgan fingerprint density at radius 1 is 1.38 bits per heavy atom. The topological polar surface area (TPSA) is 84.7 Å². The van der Waals surface area contributed by atoms with Crippen molar-refractivity contribution in [2.45, 2.75) is 31.9 Å². The number of aromatic nitrogens is 2. The molecule has 0 unspecified atom stereocenters. The molecule has 2 heterocycles. The normalized spacial score (nSPS) is 17.2. The van der Waals surface area contributed by atoms with Gasteiger partial charge in [0.15, 0.2) is 0 Å². The van der Waals surface area contributed by atoms with E-state index in [1.54, 1.807) is 15.8 Å². The van der Waals surface area contributed by atoms with Crippen molar-refractivity contribution in [2.24, 2.45) is 0 Å². The summed E-state index contributed by atoms with van der Waals surface area (Å²) in [7, 11) is 0. The van der Waals surface area contributed by atoms with Gasteiger partial charge in [-0.1, -0.05) is 18.2 Å². The number of hydrogen-bond acceptors (Lipinski definition) is 4. The van der Waals surface area contributed by atoms with Crippen molar-refractivity contribution in [3.8, 4) is 0 Å². The summed E-state index contributed by atoms with van der Waals surface area (Å²) in [6.07, 6.45) is 3.54. The van der Waals surface area contributed by atoms with E-state index in [4.69, 9.17) is 9.84 Å². The van der Waals surface area contributed by atoms with Crippen molar-refractivity contribution in [1.82, 2.24) is 14.7 Å². The minimum absolute atomic E-state index is 0.00268. The first-order chi connectivity index (χ1) is 11.6. The predicted octanol–water partition coefficient (Wildman–Crippen LogP) is 1.52. The van der Waals surface area contributed by atoms with Gasteiger partial charge in [0.25, 0.3) is 0 Å². The Kier molecular flexibility index (Phi) is 5.10. The molecule has 1 amide bonds. The Labute approximate surface area is 139 Å². The molecular formula is C17H21N3O4. The Hall–Kier alpha value is -2.41. The van der Waals surface area contributed by atoms with Crippen LogP contribution in [0.3, 0.4) is 0 Å². The van der Waals surface area contributed by atoms with Gasteiger partial charge in [0.2, 0.25) is 5.91 Å². The molecule has 1 atom stereocenters. The number of amides is 1. The lowest BCUT2D eigenvalue weighted by atomic mass is 10.2. The number of rotatable bonds is 7. The van der Waals surface area contributed by atoms with E-state index in [9.17, 15) is 9.59 Å². The summed E-state index contributed by atoms with van der Waals surface area (Å²) in [5.74, 6) is -1.05. The molecule has 7 heteroatoms. The second kappa shape index (κ2) is 7.44. The molecule has 0 aliphatic carbocycles. The molecule has 0 radical (unpaired) electrons. The number of hydrogen-bond donors (Lipinski definition) is 1. The molecule has 3 rings (SSSR count). The number of para-hydroxylation sites is 1. The fourth-order valence-electron chi connectivity index (χ4n) is 2.96. The molecule has 0 spiro atoms. The second-order valence-corrected chi connectivity index (χ2v) is 5.98. The standard InChI is InChI=1S/C17H21N3O4/c21-16(12-20-15-6-2-1-4-13(15)10-18-20)19(8-7-17(22)23)11-14-5-3-9-24-14/h1-2,4,6,10,14H,3,5,7-9,11-12H2,(H,22,23)/t14-/m1/s1. The molecule has 0 bridgehead atoms. The van der Waals surface area contributed by atoms with E-state index in [-0.39, 0.29) is 31.5 Å². The van der Waals surface area contributed by atoms with Gasteiger partial charge in [-0.25, -0.2) is 0 Å². The molecule has 1 aromatic carbocycles. The summed E-state index contributed by atoms with van der Waals surface area (Å²) >= 11 is 0. The molecule has 1 aliphatic heterocycles. The second-order valence-electron chi connectivity index (χ2n) is 5.98. The minimum atomic E-state index is -0.912. The Morgan fingerprint density at radius 2 is 2.21 bits per heavy atom. The maximum Gasteiger partial charge on any atom is 0.305 e. The van der Waals surface area contributed by atoms with E-state index in [1.807, 2.05) is 24.3 Å². The van der Waals surface area contributed by atoms with Gasteiger partial charge >= 0.3 is 5.97 Å². The average Bonchev–Trinajstić information content (AvgIpc) is 3.21. The van der Waals surface area contributed by atoms with Crippen molar-refractivity contribution in [3.63, 3.8) is 0 Å². The monoisotopic (exact) mass is 331 g/mol. The van der Waals surface area contributed by atoms with Gasteiger partial charge in [0.1, 0.15) is 6.54 Å². The molecule has 2 aromatic rings. The number of carboxylic acid groups (broad SMARTS) is 1. The summed E-state index contributed by atoms with van der Waals surface area (Å²) in [4.78, 5) is 25.1. The number of carbonyl (C=O) groups is 2. The quantitative estimate of drug-likeness (QED) is 0.831. The predicted molar refractivity (Wildman–Crippen MR) is 87.5 cm³/mol. The highest BCUT2D eigenvalue weighted by Gasteiger charge is 2.23. The van der Waals surface area contributed by atoms with Crippen molar-refractivity contribution in [1.29, 1.82) is 0 Å². The van der Waals surface area contributed by atoms with Crippen LogP contribution in [0.4, 0.5) is 0 Å². The van der Waals surface area contributed by atoms with Crippen LogP contribution in [-0.2, 0) is 20.9 Å². The zero-order valence-electron chi connectivity index (χ0n) is 13.4. The number of aliphatic carboxylic acids is 1. The summed E-state index contributed by atoms with van der Waals surface area (Å²) in [5.41, 5.74) is 0.890. The summed E-state index contributed by atoms with van der Waals surface area (Å²) in [6, 6.07) is 7.68. The Bertz CT molecular complexity index is 721. The summed E-state index contributed by atoms with van der Waals surface area (Å²) in [5, 5.41) is 14.2. The van der Waals surface area contributed by atoms with Crippen LogP contribution < -0.4 is 0 Å². The highest BCUT2D eigenvalue weighted by molar-refractivity contribution is 5.82. The van der Waals surface area contributed by atoms with Gasteiger partial charge in [-0.05, 0) is 18.9 Å². The molecular weight excluding hydrogens is 310 g/mol. The zero-order valence-corrected chi connectivity index (χ0v) is 13.4. The van der Waals surface area contributed by atoms with E-state index in [1.165, 1.54) is 0 Å². The van der Waals surface area contributed by atoms with Gasteiger partial charge in [-0.3, -0.25) is 14.3 Å². The average molecular weight is 331 g/mol. The lowest BCUT2D eigenvalue weighted by molar-refractivity contribution is -0.139. The molecule has 128 valence electrons. The highest BCUT2D eigenvalue weighted by atomic mass is 16.5. The Morgan fingerprint density at radius 3 is 2.96 bits per heavy atom. The summed E-state index contributed by atoms with van der Waals surface area (Å²) in [6.45, 7) is 1.42. The highest BCUT2D eigenvalue weighted by Crippen LogP contribution is 2.16. The minimum Gasteiger partial charge on any atom is -0.481 e. The molecule has 1 fully saturated rings. The maximum absolute atomic E-state index is 12.7. The van der Waals surface area contributed by atoms with Crippen molar-refractivity contribution in [2.75, 3.05) is 19.7 Å². The number of carbonyl (C=O) groups excluding carboxylic acids is 1. The van der Waals surface area contributed by atoms with Gasteiger partial charge in [-0.15, -0.1) is 0 Å². The largest absolute Gasteiger partial charge is 0.481 e. The van der Waals surface area contributed by atoms with Crippen molar-refractivity contribution in [3.05, 3.63) is 30.5 Å². The molecule has 1 aliphatic rings. The number of carboxylic acids is 1. The Balaban J connectivity index is 1.70. The van der Waals surface area contributed by atoms with Crippen LogP contribution >= 0.6 is 0 Å². The van der Waals surface area contributed by atoms with Crippen LogP contribution in [0.5, 0.6) is 0 Å². The number of nitrogens with zero attached hydrogens (tertiary/aromatic N) is 3.